The van der Waals surface area contributed by atoms with Gasteiger partial charge in [-0.1, -0.05) is 31.6 Å². The summed E-state index contributed by atoms with van der Waals surface area (Å²) in [5.41, 5.74) is 0.967. The van der Waals surface area contributed by atoms with Gasteiger partial charge in [-0.25, -0.2) is 4.98 Å². The average Bonchev–Trinajstić information content (AvgIpc) is 2.97. The molecule has 1 aliphatic carbocycles. The Bertz CT molecular complexity index is 603. The minimum absolute atomic E-state index is 0.515. The highest BCUT2D eigenvalue weighted by Crippen LogP contribution is 2.27. The number of anilines is 1. The smallest absolute Gasteiger partial charge is 0.129 e. The summed E-state index contributed by atoms with van der Waals surface area (Å²) in [5.74, 6) is 1.83. The first-order valence-electron chi connectivity index (χ1n) is 7.27. The van der Waals surface area contributed by atoms with E-state index in [9.17, 15) is 0 Å². The Morgan fingerprint density at radius 2 is 2.10 bits per heavy atom. The number of hydrogen-bond donors (Lipinski definition) is 1. The number of fused-ring (bicyclic) bond motifs is 1. The molecule has 3 rings (SSSR count). The van der Waals surface area contributed by atoms with Crippen molar-refractivity contribution in [3.8, 4) is 5.75 Å². The van der Waals surface area contributed by atoms with Crippen LogP contribution >= 0.6 is 0 Å². The summed E-state index contributed by atoms with van der Waals surface area (Å²) in [4.78, 5) is 4.69. The summed E-state index contributed by atoms with van der Waals surface area (Å²) in [7, 11) is 0. The third kappa shape index (κ3) is 2.77. The molecule has 3 heteroatoms. The number of nitrogens with zero attached hydrogens (tertiary/aromatic N) is 1. The van der Waals surface area contributed by atoms with E-state index in [2.05, 4.69) is 18.0 Å². The van der Waals surface area contributed by atoms with Crippen LogP contribution in [0.4, 0.5) is 5.82 Å². The number of hydrogen-bond acceptors (Lipinski definition) is 3. The van der Waals surface area contributed by atoms with E-state index in [1.54, 1.807) is 6.08 Å². The van der Waals surface area contributed by atoms with Crippen molar-refractivity contribution in [1.82, 2.24) is 4.98 Å². The van der Waals surface area contributed by atoms with Crippen molar-refractivity contribution in [2.24, 2.45) is 0 Å². The molecule has 1 fully saturated rings. The molecule has 1 aliphatic rings. The molecule has 0 spiro atoms. The molecule has 104 valence electrons. The Hall–Kier alpha value is -2.03. The van der Waals surface area contributed by atoms with Crippen LogP contribution in [0.15, 0.2) is 43.0 Å². The Balaban J connectivity index is 1.85. The fourth-order valence-electron chi connectivity index (χ4n) is 2.76. The highest BCUT2D eigenvalue weighted by molar-refractivity contribution is 5.86. The number of aromatic nitrogens is 1. The van der Waals surface area contributed by atoms with Crippen LogP contribution in [0.1, 0.15) is 25.7 Å². The fourth-order valence-corrected chi connectivity index (χ4v) is 2.76. The van der Waals surface area contributed by atoms with Gasteiger partial charge in [0.2, 0.25) is 0 Å². The van der Waals surface area contributed by atoms with Crippen LogP contribution in [0.5, 0.6) is 5.75 Å². The predicted molar refractivity (Wildman–Crippen MR) is 83.3 cm³/mol. The molecule has 0 atom stereocenters. The van der Waals surface area contributed by atoms with Gasteiger partial charge in [-0.05, 0) is 37.1 Å². The van der Waals surface area contributed by atoms with E-state index in [4.69, 9.17) is 9.72 Å². The lowest BCUT2D eigenvalue weighted by Crippen LogP contribution is -2.15. The molecular formula is C17H20N2O. The number of nitrogens with one attached hydrogen (secondary N) is 1. The van der Waals surface area contributed by atoms with Gasteiger partial charge < -0.3 is 10.1 Å². The van der Waals surface area contributed by atoms with Gasteiger partial charge in [0, 0.05) is 11.4 Å². The normalized spacial score (nSPS) is 15.4. The van der Waals surface area contributed by atoms with Crippen molar-refractivity contribution in [3.63, 3.8) is 0 Å². The van der Waals surface area contributed by atoms with Gasteiger partial charge in [0.05, 0.1) is 5.52 Å². The van der Waals surface area contributed by atoms with E-state index in [1.165, 1.54) is 25.7 Å². The first-order chi connectivity index (χ1) is 9.86. The summed E-state index contributed by atoms with van der Waals surface area (Å²) in [6.07, 6.45) is 6.91. The number of pyridine rings is 1. The average molecular weight is 268 g/mol. The molecule has 1 aromatic heterocycles. The van der Waals surface area contributed by atoms with E-state index in [0.717, 1.165) is 22.5 Å². The maximum atomic E-state index is 5.66. The van der Waals surface area contributed by atoms with Crippen LogP contribution < -0.4 is 10.1 Å². The van der Waals surface area contributed by atoms with Crippen LogP contribution in [0, 0.1) is 0 Å². The molecular weight excluding hydrogens is 248 g/mol. The molecule has 0 amide bonds. The molecule has 0 unspecified atom stereocenters. The summed E-state index contributed by atoms with van der Waals surface area (Å²) in [6, 6.07) is 10.7. The quantitative estimate of drug-likeness (QED) is 0.827. The van der Waals surface area contributed by atoms with Crippen molar-refractivity contribution in [3.05, 3.63) is 43.0 Å². The maximum Gasteiger partial charge on any atom is 0.129 e. The van der Waals surface area contributed by atoms with Crippen LogP contribution in [0.25, 0.3) is 10.9 Å². The van der Waals surface area contributed by atoms with Crippen LogP contribution in [-0.4, -0.2) is 17.6 Å². The van der Waals surface area contributed by atoms with Gasteiger partial charge in [-0.2, -0.15) is 0 Å². The van der Waals surface area contributed by atoms with Crippen molar-refractivity contribution in [2.45, 2.75) is 31.7 Å². The second-order valence-electron chi connectivity index (χ2n) is 5.24. The molecule has 1 heterocycles. The van der Waals surface area contributed by atoms with Crippen molar-refractivity contribution in [1.29, 1.82) is 0 Å². The van der Waals surface area contributed by atoms with Crippen molar-refractivity contribution >= 4 is 16.7 Å². The number of ether oxygens (including phenoxy) is 1. The monoisotopic (exact) mass is 268 g/mol. The SMILES string of the molecule is C=CCOc1cccc2nc(NC3CCCC3)ccc12. The molecule has 0 aliphatic heterocycles. The predicted octanol–water partition coefficient (Wildman–Crippen LogP) is 4.15. The highest BCUT2D eigenvalue weighted by Gasteiger charge is 2.15. The van der Waals surface area contributed by atoms with E-state index in [0.29, 0.717) is 12.6 Å². The minimum Gasteiger partial charge on any atom is -0.489 e. The molecule has 0 bridgehead atoms. The molecule has 1 saturated carbocycles. The van der Waals surface area contributed by atoms with Gasteiger partial charge in [-0.3, -0.25) is 0 Å². The minimum atomic E-state index is 0.515. The largest absolute Gasteiger partial charge is 0.489 e. The number of rotatable bonds is 5. The zero-order valence-electron chi connectivity index (χ0n) is 11.6. The lowest BCUT2D eigenvalue weighted by molar-refractivity contribution is 0.367. The van der Waals surface area contributed by atoms with Gasteiger partial charge in [-0.15, -0.1) is 0 Å². The van der Waals surface area contributed by atoms with Crippen LogP contribution in [0.3, 0.4) is 0 Å². The zero-order valence-corrected chi connectivity index (χ0v) is 11.6. The summed E-state index contributed by atoms with van der Waals surface area (Å²) in [6.45, 7) is 4.19. The topological polar surface area (TPSA) is 34.1 Å². The van der Waals surface area contributed by atoms with E-state index >= 15 is 0 Å². The molecule has 1 N–H and O–H groups in total. The van der Waals surface area contributed by atoms with E-state index < -0.39 is 0 Å². The Kier molecular flexibility index (Phi) is 3.86. The fraction of sp³-hybridized carbons (Fsp3) is 0.353. The Morgan fingerprint density at radius 1 is 1.25 bits per heavy atom. The first kappa shape index (κ1) is 13.0. The summed E-state index contributed by atoms with van der Waals surface area (Å²) >= 11 is 0. The molecule has 20 heavy (non-hydrogen) atoms. The van der Waals surface area contributed by atoms with Gasteiger partial charge >= 0.3 is 0 Å². The van der Waals surface area contributed by atoms with Crippen molar-refractivity contribution < 1.29 is 4.74 Å². The molecule has 0 saturated heterocycles. The molecule has 0 radical (unpaired) electrons. The zero-order chi connectivity index (χ0) is 13.8. The third-order valence-corrected chi connectivity index (χ3v) is 3.76. The third-order valence-electron chi connectivity index (χ3n) is 3.76. The van der Waals surface area contributed by atoms with E-state index in [1.807, 2.05) is 24.3 Å². The summed E-state index contributed by atoms with van der Waals surface area (Å²) < 4.78 is 5.66. The maximum absolute atomic E-state index is 5.66. The van der Waals surface area contributed by atoms with Crippen molar-refractivity contribution in [2.75, 3.05) is 11.9 Å². The van der Waals surface area contributed by atoms with Crippen LogP contribution in [0.2, 0.25) is 0 Å². The highest BCUT2D eigenvalue weighted by atomic mass is 16.5. The number of benzene rings is 1. The first-order valence-corrected chi connectivity index (χ1v) is 7.27. The molecule has 3 nitrogen and oxygen atoms in total. The summed E-state index contributed by atoms with van der Waals surface area (Å²) in [5, 5.41) is 4.58. The van der Waals surface area contributed by atoms with Crippen LogP contribution in [-0.2, 0) is 0 Å². The molecule has 1 aromatic carbocycles. The standard InChI is InChI=1S/C17H20N2O/c1-2-12-20-16-9-5-8-15-14(16)10-11-17(19-15)18-13-6-3-4-7-13/h2,5,8-11,13H,1,3-4,6-7,12H2,(H,18,19). The van der Waals surface area contributed by atoms with Gasteiger partial charge in [0.1, 0.15) is 18.2 Å². The van der Waals surface area contributed by atoms with Gasteiger partial charge in [0.25, 0.3) is 0 Å². The molecule has 2 aromatic rings. The lowest BCUT2D eigenvalue weighted by atomic mass is 10.2. The Morgan fingerprint density at radius 3 is 2.90 bits per heavy atom. The second-order valence-corrected chi connectivity index (χ2v) is 5.24. The van der Waals surface area contributed by atoms with Gasteiger partial charge in [0.15, 0.2) is 0 Å². The second kappa shape index (κ2) is 5.95. The Labute approximate surface area is 119 Å². The van der Waals surface area contributed by atoms with E-state index in [-0.39, 0.29) is 0 Å². The lowest BCUT2D eigenvalue weighted by Gasteiger charge is -2.13.